The highest BCUT2D eigenvalue weighted by atomic mass is 79.9. The highest BCUT2D eigenvalue weighted by Gasteiger charge is 2.34. The summed E-state index contributed by atoms with van der Waals surface area (Å²) in [6.07, 6.45) is 3.85. The number of aromatic nitrogens is 2. The topological polar surface area (TPSA) is 59.0 Å². The molecule has 22 heavy (non-hydrogen) atoms. The number of nitrogens with zero attached hydrogens (tertiary/aromatic N) is 2. The molecule has 0 aliphatic carbocycles. The second-order valence-corrected chi connectivity index (χ2v) is 7.18. The van der Waals surface area contributed by atoms with Crippen molar-refractivity contribution in [1.29, 1.82) is 0 Å². The summed E-state index contributed by atoms with van der Waals surface area (Å²) in [4.78, 5) is 13.6. The van der Waals surface area contributed by atoms with Gasteiger partial charge in [-0.2, -0.15) is 5.10 Å². The van der Waals surface area contributed by atoms with Gasteiger partial charge >= 0.3 is 0 Å². The van der Waals surface area contributed by atoms with Crippen LogP contribution in [0, 0.1) is 5.92 Å². The highest BCUT2D eigenvalue weighted by Crippen LogP contribution is 2.28. The molecule has 1 saturated heterocycles. The lowest BCUT2D eigenvalue weighted by atomic mass is 9.90. The van der Waals surface area contributed by atoms with Gasteiger partial charge in [0, 0.05) is 47.0 Å². The molecule has 1 fully saturated rings. The zero-order valence-electron chi connectivity index (χ0n) is 12.1. The molecule has 0 bridgehead atoms. The molecule has 1 aliphatic rings. The molecule has 3 heterocycles. The fourth-order valence-corrected chi connectivity index (χ4v) is 4.08. The Bertz CT molecular complexity index is 644. The van der Waals surface area contributed by atoms with Crippen molar-refractivity contribution in [3.8, 4) is 0 Å². The molecule has 1 amide bonds. The van der Waals surface area contributed by atoms with Gasteiger partial charge in [0.1, 0.15) is 0 Å². The summed E-state index contributed by atoms with van der Waals surface area (Å²) in [5, 5.41) is 12.6. The van der Waals surface area contributed by atoms with Crippen LogP contribution >= 0.6 is 39.7 Å². The average molecular weight is 406 g/mol. The van der Waals surface area contributed by atoms with Crippen molar-refractivity contribution in [3.05, 3.63) is 38.8 Å². The van der Waals surface area contributed by atoms with Crippen LogP contribution in [0.5, 0.6) is 0 Å². The number of rotatable bonds is 4. The first-order valence-electron chi connectivity index (χ1n) is 6.83. The first kappa shape index (κ1) is 17.5. The smallest absolute Gasteiger partial charge is 0.225 e. The van der Waals surface area contributed by atoms with Crippen molar-refractivity contribution < 1.29 is 4.79 Å². The molecule has 1 aliphatic heterocycles. The predicted octanol–water partition coefficient (Wildman–Crippen LogP) is 2.29. The first-order chi connectivity index (χ1) is 10.1. The van der Waals surface area contributed by atoms with Gasteiger partial charge in [-0.05, 0) is 27.6 Å². The number of carbonyl (C=O) groups excluding carboxylic acids is 1. The summed E-state index contributed by atoms with van der Waals surface area (Å²) in [5.74, 6) is 0.282. The van der Waals surface area contributed by atoms with E-state index >= 15 is 0 Å². The highest BCUT2D eigenvalue weighted by molar-refractivity contribution is 9.10. The van der Waals surface area contributed by atoms with Crippen molar-refractivity contribution in [2.45, 2.75) is 12.5 Å². The summed E-state index contributed by atoms with van der Waals surface area (Å²) in [6, 6.07) is 2.04. The number of hydrogen-bond donors (Lipinski definition) is 2. The van der Waals surface area contributed by atoms with Crippen molar-refractivity contribution in [2.75, 3.05) is 13.1 Å². The SMILES string of the molecule is Cl.Cn1cc([C@H]2CNC[C@@H]2C(=O)NCc2cc(Br)cs2)cn1. The molecule has 0 aromatic carbocycles. The van der Waals surface area contributed by atoms with E-state index in [2.05, 4.69) is 31.7 Å². The molecule has 120 valence electrons. The summed E-state index contributed by atoms with van der Waals surface area (Å²) in [5.41, 5.74) is 1.13. The molecule has 8 heteroatoms. The Morgan fingerprint density at radius 1 is 1.59 bits per heavy atom. The van der Waals surface area contributed by atoms with Crippen LogP contribution in [0.2, 0.25) is 0 Å². The molecule has 0 radical (unpaired) electrons. The van der Waals surface area contributed by atoms with Crippen LogP contribution in [0.4, 0.5) is 0 Å². The minimum atomic E-state index is -0.0300. The number of hydrogen-bond acceptors (Lipinski definition) is 4. The number of thiophene rings is 1. The lowest BCUT2D eigenvalue weighted by Gasteiger charge is -2.16. The van der Waals surface area contributed by atoms with Crippen LogP contribution < -0.4 is 10.6 Å². The van der Waals surface area contributed by atoms with Gasteiger partial charge in [-0.25, -0.2) is 0 Å². The van der Waals surface area contributed by atoms with Crippen LogP contribution in [0.25, 0.3) is 0 Å². The minimum absolute atomic E-state index is 0. The Hall–Kier alpha value is -0.890. The molecule has 0 unspecified atom stereocenters. The maximum atomic E-state index is 12.4. The molecular formula is C14H18BrClN4OS. The van der Waals surface area contributed by atoms with Crippen LogP contribution in [0.1, 0.15) is 16.4 Å². The fraction of sp³-hybridized carbons (Fsp3) is 0.429. The quantitative estimate of drug-likeness (QED) is 0.820. The Kier molecular flexibility index (Phi) is 6.02. The first-order valence-corrected chi connectivity index (χ1v) is 8.50. The van der Waals surface area contributed by atoms with E-state index in [0.29, 0.717) is 6.54 Å². The Labute approximate surface area is 148 Å². The lowest BCUT2D eigenvalue weighted by Crippen LogP contribution is -2.33. The molecular weight excluding hydrogens is 388 g/mol. The molecule has 2 aromatic rings. The van der Waals surface area contributed by atoms with Crippen LogP contribution in [-0.4, -0.2) is 28.8 Å². The third-order valence-corrected chi connectivity index (χ3v) is 5.46. The number of nitrogens with one attached hydrogen (secondary N) is 2. The Morgan fingerprint density at radius 3 is 3.05 bits per heavy atom. The number of amides is 1. The van der Waals surface area contributed by atoms with E-state index < -0.39 is 0 Å². The molecule has 0 spiro atoms. The molecule has 2 N–H and O–H groups in total. The molecule has 2 atom stereocenters. The van der Waals surface area contributed by atoms with Crippen molar-refractivity contribution in [1.82, 2.24) is 20.4 Å². The van der Waals surface area contributed by atoms with Gasteiger partial charge in [-0.1, -0.05) is 0 Å². The average Bonchev–Trinajstić information content (AvgIpc) is 3.16. The molecule has 3 rings (SSSR count). The van der Waals surface area contributed by atoms with E-state index in [1.165, 1.54) is 0 Å². The van der Waals surface area contributed by atoms with Gasteiger partial charge in [0.25, 0.3) is 0 Å². The molecule has 0 saturated carbocycles. The summed E-state index contributed by atoms with van der Waals surface area (Å²) in [7, 11) is 1.90. The number of carbonyl (C=O) groups is 1. The molecule has 5 nitrogen and oxygen atoms in total. The fourth-order valence-electron chi connectivity index (χ4n) is 2.69. The van der Waals surface area contributed by atoms with E-state index in [-0.39, 0.29) is 30.2 Å². The zero-order valence-corrected chi connectivity index (χ0v) is 15.3. The summed E-state index contributed by atoms with van der Waals surface area (Å²) >= 11 is 5.07. The largest absolute Gasteiger partial charge is 0.351 e. The van der Waals surface area contributed by atoms with Gasteiger partial charge in [0.2, 0.25) is 5.91 Å². The maximum Gasteiger partial charge on any atom is 0.225 e. The standard InChI is InChI=1S/C14H17BrN4OS.ClH/c1-19-7-9(3-18-19)12-5-16-6-13(12)14(20)17-4-11-2-10(15)8-21-11;/h2-3,7-8,12-13,16H,4-6H2,1H3,(H,17,20);1H/t12-,13+;/m1./s1. The molecule has 2 aromatic heterocycles. The summed E-state index contributed by atoms with van der Waals surface area (Å²) < 4.78 is 2.85. The van der Waals surface area contributed by atoms with Crippen molar-refractivity contribution in [2.24, 2.45) is 13.0 Å². The predicted molar refractivity (Wildman–Crippen MR) is 93.4 cm³/mol. The van der Waals surface area contributed by atoms with Gasteiger partial charge in [0.05, 0.1) is 18.7 Å². The normalized spacial score (nSPS) is 20.6. The second-order valence-electron chi connectivity index (χ2n) is 5.27. The third-order valence-electron chi connectivity index (χ3n) is 3.76. The van der Waals surface area contributed by atoms with Gasteiger partial charge < -0.3 is 10.6 Å². The van der Waals surface area contributed by atoms with E-state index in [1.807, 2.05) is 30.9 Å². The van der Waals surface area contributed by atoms with Crippen LogP contribution in [-0.2, 0) is 18.4 Å². The third kappa shape index (κ3) is 3.90. The van der Waals surface area contributed by atoms with Crippen molar-refractivity contribution >= 4 is 45.6 Å². The second kappa shape index (κ2) is 7.59. The Morgan fingerprint density at radius 2 is 2.41 bits per heavy atom. The summed E-state index contributed by atoms with van der Waals surface area (Å²) in [6.45, 7) is 2.14. The van der Waals surface area contributed by atoms with E-state index in [4.69, 9.17) is 0 Å². The maximum absolute atomic E-state index is 12.4. The van der Waals surface area contributed by atoms with Crippen LogP contribution in [0.15, 0.2) is 28.3 Å². The monoisotopic (exact) mass is 404 g/mol. The zero-order chi connectivity index (χ0) is 14.8. The number of aryl methyl sites for hydroxylation is 1. The van der Waals surface area contributed by atoms with Crippen LogP contribution in [0.3, 0.4) is 0 Å². The van der Waals surface area contributed by atoms with Gasteiger partial charge in [-0.3, -0.25) is 9.48 Å². The van der Waals surface area contributed by atoms with Gasteiger partial charge in [0.15, 0.2) is 0 Å². The van der Waals surface area contributed by atoms with Gasteiger partial charge in [-0.15, -0.1) is 23.7 Å². The van der Waals surface area contributed by atoms with E-state index in [9.17, 15) is 4.79 Å². The Balaban J connectivity index is 0.00000176. The minimum Gasteiger partial charge on any atom is -0.351 e. The van der Waals surface area contributed by atoms with E-state index in [1.54, 1.807) is 16.0 Å². The number of halogens is 2. The van der Waals surface area contributed by atoms with E-state index in [0.717, 1.165) is 28.0 Å². The van der Waals surface area contributed by atoms with Crippen molar-refractivity contribution in [3.63, 3.8) is 0 Å². The lowest BCUT2D eigenvalue weighted by molar-refractivity contribution is -0.124.